The number of anilines is 1. The lowest BCUT2D eigenvalue weighted by molar-refractivity contribution is -0.145. The van der Waals surface area contributed by atoms with E-state index in [9.17, 15) is 18.0 Å². The maximum absolute atomic E-state index is 13.3. The molecule has 4 aromatic rings. The van der Waals surface area contributed by atoms with E-state index in [-0.39, 0.29) is 18.0 Å². The van der Waals surface area contributed by atoms with Gasteiger partial charge in [0.15, 0.2) is 5.95 Å². The van der Waals surface area contributed by atoms with Gasteiger partial charge >= 0.3 is 5.97 Å². The number of fused-ring (bicyclic) bond motifs is 1. The number of nitrogens with zero attached hydrogens (tertiary/aromatic N) is 2. The SMILES string of the molecule is Cc1cccc(C)c1S(=O)(=O)NC(CNC(=O)c1cccc2[nH]ncc12)C(=O)OCCCNc1ncc[nH]1. The summed E-state index contributed by atoms with van der Waals surface area (Å²) in [5, 5.41) is 13.0. The van der Waals surface area contributed by atoms with Crippen LogP contribution in [0.2, 0.25) is 0 Å². The van der Waals surface area contributed by atoms with E-state index in [2.05, 4.69) is 35.5 Å². The van der Waals surface area contributed by atoms with E-state index < -0.39 is 27.9 Å². The van der Waals surface area contributed by atoms with Gasteiger partial charge in [-0.25, -0.2) is 13.4 Å². The van der Waals surface area contributed by atoms with Gasteiger partial charge in [0.1, 0.15) is 6.04 Å². The molecule has 2 heterocycles. The Balaban J connectivity index is 1.45. The largest absolute Gasteiger partial charge is 0.464 e. The van der Waals surface area contributed by atoms with Crippen molar-refractivity contribution in [1.82, 2.24) is 30.2 Å². The summed E-state index contributed by atoms with van der Waals surface area (Å²) >= 11 is 0. The molecule has 1 unspecified atom stereocenters. The van der Waals surface area contributed by atoms with Gasteiger partial charge in [-0.1, -0.05) is 24.3 Å². The number of aryl methyl sites for hydroxylation is 2. The normalized spacial score (nSPS) is 12.3. The Kier molecular flexibility index (Phi) is 8.38. The lowest BCUT2D eigenvalue weighted by atomic mass is 10.1. The van der Waals surface area contributed by atoms with E-state index in [1.54, 1.807) is 62.6 Å². The van der Waals surface area contributed by atoms with Crippen molar-refractivity contribution >= 4 is 38.8 Å². The van der Waals surface area contributed by atoms with Crippen molar-refractivity contribution in [2.24, 2.45) is 0 Å². The summed E-state index contributed by atoms with van der Waals surface area (Å²) in [6, 6.07) is 8.84. The van der Waals surface area contributed by atoms with Crippen LogP contribution in [-0.2, 0) is 19.6 Å². The van der Waals surface area contributed by atoms with Gasteiger partial charge in [-0.2, -0.15) is 9.82 Å². The van der Waals surface area contributed by atoms with Crippen LogP contribution >= 0.6 is 0 Å². The molecule has 0 aliphatic carbocycles. The second-order valence-electron chi connectivity index (χ2n) is 8.63. The van der Waals surface area contributed by atoms with Gasteiger partial charge in [-0.3, -0.25) is 14.7 Å². The maximum atomic E-state index is 13.3. The van der Waals surface area contributed by atoms with Crippen molar-refractivity contribution in [3.8, 4) is 0 Å². The number of hydrogen-bond donors (Lipinski definition) is 5. The second-order valence-corrected chi connectivity index (χ2v) is 10.3. The molecule has 0 saturated heterocycles. The fraction of sp³-hybridized carbons (Fsp3) is 0.280. The predicted molar refractivity (Wildman–Crippen MR) is 141 cm³/mol. The zero-order valence-electron chi connectivity index (χ0n) is 20.9. The van der Waals surface area contributed by atoms with Crippen LogP contribution < -0.4 is 15.4 Å². The molecule has 0 spiro atoms. The summed E-state index contributed by atoms with van der Waals surface area (Å²) in [6.07, 6.45) is 5.27. The van der Waals surface area contributed by atoms with Crippen molar-refractivity contribution < 1.29 is 22.7 Å². The highest BCUT2D eigenvalue weighted by molar-refractivity contribution is 7.89. The number of imidazole rings is 1. The second kappa shape index (κ2) is 11.9. The molecule has 5 N–H and O–H groups in total. The van der Waals surface area contributed by atoms with Gasteiger partial charge in [0.2, 0.25) is 10.0 Å². The summed E-state index contributed by atoms with van der Waals surface area (Å²) in [5.74, 6) is -0.700. The number of carbonyl (C=O) groups excluding carboxylic acids is 2. The number of amides is 1. The lowest BCUT2D eigenvalue weighted by Gasteiger charge is -2.20. The van der Waals surface area contributed by atoms with Gasteiger partial charge < -0.3 is 20.4 Å². The van der Waals surface area contributed by atoms with E-state index in [0.717, 1.165) is 0 Å². The molecule has 0 saturated carbocycles. The summed E-state index contributed by atoms with van der Waals surface area (Å²) in [7, 11) is -4.11. The number of carbonyl (C=O) groups is 2. The Hall–Kier alpha value is -4.23. The number of H-pyrrole nitrogens is 2. The maximum Gasteiger partial charge on any atom is 0.326 e. The number of hydrogen-bond acceptors (Lipinski definition) is 8. The number of rotatable bonds is 12. The standard InChI is InChI=1S/C25H29N7O5S/c1-16-6-3-7-17(2)22(16)38(35,36)32-21(24(34)37-13-5-10-26-25-27-11-12-28-25)15-29-23(33)18-8-4-9-20-19(18)14-30-31-20/h3-4,6-9,11-12,14,21,32H,5,10,13,15H2,1-2H3,(H,29,33)(H,30,31)(H2,26,27,28). The summed E-state index contributed by atoms with van der Waals surface area (Å²) < 4.78 is 34.4. The van der Waals surface area contributed by atoms with Crippen LogP contribution in [0, 0.1) is 13.8 Å². The average Bonchev–Trinajstić information content (AvgIpc) is 3.57. The highest BCUT2D eigenvalue weighted by atomic mass is 32.2. The van der Waals surface area contributed by atoms with E-state index in [0.29, 0.717) is 46.5 Å². The fourth-order valence-electron chi connectivity index (χ4n) is 4.01. The van der Waals surface area contributed by atoms with E-state index in [1.165, 1.54) is 6.20 Å². The topological polar surface area (TPSA) is 171 Å². The van der Waals surface area contributed by atoms with Crippen LogP contribution in [-0.4, -0.2) is 66.2 Å². The summed E-state index contributed by atoms with van der Waals surface area (Å²) in [6.45, 7) is 3.55. The molecular formula is C25H29N7O5S. The Labute approximate surface area is 219 Å². The molecule has 0 radical (unpaired) electrons. The molecule has 4 rings (SSSR count). The molecule has 0 aliphatic rings. The molecule has 200 valence electrons. The fourth-order valence-corrected chi connectivity index (χ4v) is 5.67. The molecular weight excluding hydrogens is 510 g/mol. The molecule has 38 heavy (non-hydrogen) atoms. The predicted octanol–water partition coefficient (Wildman–Crippen LogP) is 2.03. The summed E-state index contributed by atoms with van der Waals surface area (Å²) in [4.78, 5) is 32.9. The molecule has 0 bridgehead atoms. The van der Waals surface area contributed by atoms with Crippen LogP contribution in [0.15, 0.2) is 59.9 Å². The van der Waals surface area contributed by atoms with Crippen molar-refractivity contribution in [2.75, 3.05) is 25.0 Å². The minimum atomic E-state index is -4.11. The zero-order valence-corrected chi connectivity index (χ0v) is 21.8. The number of benzene rings is 2. The van der Waals surface area contributed by atoms with Crippen molar-refractivity contribution in [3.05, 3.63) is 71.7 Å². The van der Waals surface area contributed by atoms with Gasteiger partial charge in [-0.05, 0) is 43.5 Å². The van der Waals surface area contributed by atoms with Crippen LogP contribution in [0.25, 0.3) is 10.9 Å². The Morgan fingerprint density at radius 1 is 1.11 bits per heavy atom. The number of ether oxygens (including phenoxy) is 1. The van der Waals surface area contributed by atoms with Crippen LogP contribution in [0.1, 0.15) is 27.9 Å². The number of esters is 1. The van der Waals surface area contributed by atoms with E-state index >= 15 is 0 Å². The Bertz CT molecular complexity index is 1500. The third-order valence-electron chi connectivity index (χ3n) is 5.81. The average molecular weight is 540 g/mol. The quantitative estimate of drug-likeness (QED) is 0.134. The van der Waals surface area contributed by atoms with E-state index in [4.69, 9.17) is 4.74 Å². The first kappa shape index (κ1) is 26.8. The monoisotopic (exact) mass is 539 g/mol. The number of sulfonamides is 1. The molecule has 12 nitrogen and oxygen atoms in total. The number of aromatic amines is 2. The first-order valence-corrected chi connectivity index (χ1v) is 13.4. The van der Waals surface area contributed by atoms with Crippen molar-refractivity contribution in [3.63, 3.8) is 0 Å². The van der Waals surface area contributed by atoms with Gasteiger partial charge in [-0.15, -0.1) is 0 Å². The zero-order chi connectivity index (χ0) is 27.1. The lowest BCUT2D eigenvalue weighted by Crippen LogP contribution is -2.49. The highest BCUT2D eigenvalue weighted by Crippen LogP contribution is 2.20. The Morgan fingerprint density at radius 2 is 1.87 bits per heavy atom. The van der Waals surface area contributed by atoms with Crippen molar-refractivity contribution in [2.45, 2.75) is 31.2 Å². The molecule has 13 heteroatoms. The molecule has 2 aromatic heterocycles. The van der Waals surface area contributed by atoms with Crippen LogP contribution in [0.4, 0.5) is 5.95 Å². The first-order valence-electron chi connectivity index (χ1n) is 11.9. The third-order valence-corrected chi connectivity index (χ3v) is 7.59. The highest BCUT2D eigenvalue weighted by Gasteiger charge is 2.29. The minimum Gasteiger partial charge on any atom is -0.464 e. The van der Waals surface area contributed by atoms with Gasteiger partial charge in [0.05, 0.1) is 28.8 Å². The summed E-state index contributed by atoms with van der Waals surface area (Å²) in [5.41, 5.74) is 2.08. The molecule has 0 fully saturated rings. The molecule has 2 aromatic carbocycles. The Morgan fingerprint density at radius 3 is 2.61 bits per heavy atom. The molecule has 1 atom stereocenters. The number of nitrogens with one attached hydrogen (secondary N) is 5. The minimum absolute atomic E-state index is 0.0381. The third kappa shape index (κ3) is 6.36. The first-order chi connectivity index (χ1) is 18.3. The van der Waals surface area contributed by atoms with Gasteiger partial charge in [0.25, 0.3) is 5.91 Å². The molecule has 1 amide bonds. The number of aromatic nitrogens is 4. The van der Waals surface area contributed by atoms with Crippen LogP contribution in [0.3, 0.4) is 0 Å². The van der Waals surface area contributed by atoms with Gasteiger partial charge in [0, 0.05) is 30.9 Å². The molecule has 0 aliphatic heterocycles. The van der Waals surface area contributed by atoms with Crippen LogP contribution in [0.5, 0.6) is 0 Å². The van der Waals surface area contributed by atoms with E-state index in [1.807, 2.05) is 0 Å². The smallest absolute Gasteiger partial charge is 0.326 e. The van der Waals surface area contributed by atoms with Crippen molar-refractivity contribution in [1.29, 1.82) is 0 Å².